The van der Waals surface area contributed by atoms with E-state index >= 15 is 0 Å². The first-order valence-electron chi connectivity index (χ1n) is 13.4. The summed E-state index contributed by atoms with van der Waals surface area (Å²) in [7, 11) is 0. The fourth-order valence-corrected chi connectivity index (χ4v) is 4.77. The highest BCUT2D eigenvalue weighted by Crippen LogP contribution is 2.41. The number of carbonyl (C=O) groups is 2. The molecule has 0 bridgehead atoms. The molecule has 202 valence electrons. The lowest BCUT2D eigenvalue weighted by Gasteiger charge is -2.26. The summed E-state index contributed by atoms with van der Waals surface area (Å²) in [6.45, 7) is 3.20. The van der Waals surface area contributed by atoms with Crippen molar-refractivity contribution in [3.63, 3.8) is 0 Å². The van der Waals surface area contributed by atoms with Gasteiger partial charge in [-0.1, -0.05) is 79.7 Å². The Morgan fingerprint density at radius 3 is 2.12 bits per heavy atom. The first-order valence-corrected chi connectivity index (χ1v) is 13.4. The minimum absolute atomic E-state index is 0.0448. The molecule has 0 saturated carbocycles. The molecule has 4 aromatic rings. The number of likely N-dealkylation sites (tertiary alicyclic amines) is 1. The summed E-state index contributed by atoms with van der Waals surface area (Å²) < 4.78 is 11.7. The van der Waals surface area contributed by atoms with E-state index in [9.17, 15) is 14.7 Å². The second-order valence-electron chi connectivity index (χ2n) is 9.63. The monoisotopic (exact) mass is 533 g/mol. The van der Waals surface area contributed by atoms with Gasteiger partial charge < -0.3 is 19.5 Å². The normalized spacial score (nSPS) is 16.2. The van der Waals surface area contributed by atoms with Gasteiger partial charge in [-0.15, -0.1) is 0 Å². The number of aliphatic hydroxyl groups is 1. The number of hydrogen-bond acceptors (Lipinski definition) is 5. The third-order valence-electron chi connectivity index (χ3n) is 6.76. The van der Waals surface area contributed by atoms with Crippen molar-refractivity contribution in [3.8, 4) is 11.5 Å². The van der Waals surface area contributed by atoms with Crippen LogP contribution in [-0.4, -0.2) is 28.3 Å². The molecule has 4 aromatic carbocycles. The molecule has 6 nitrogen and oxygen atoms in total. The van der Waals surface area contributed by atoms with E-state index in [1.54, 1.807) is 24.3 Å². The third kappa shape index (κ3) is 5.91. The Morgan fingerprint density at radius 1 is 0.775 bits per heavy atom. The number of benzene rings is 4. The van der Waals surface area contributed by atoms with Gasteiger partial charge in [-0.2, -0.15) is 0 Å². The standard InChI is InChI=1S/C34H31NO5/c1-2-20-39-28-18-16-26(17-19-28)32(36)30-31(35(34(38)33(30)37)22-24-10-5-3-6-11-24)27-14-9-15-29(21-27)40-23-25-12-7-4-8-13-25/h3-19,21,31,36H,2,20,22-23H2,1H3. The summed E-state index contributed by atoms with van der Waals surface area (Å²) in [6.07, 6.45) is 0.876. The predicted molar refractivity (Wildman–Crippen MR) is 154 cm³/mol. The van der Waals surface area contributed by atoms with Crippen LogP contribution in [0.5, 0.6) is 11.5 Å². The Hall–Kier alpha value is -4.84. The van der Waals surface area contributed by atoms with E-state index in [1.165, 1.54) is 4.90 Å². The van der Waals surface area contributed by atoms with E-state index in [-0.39, 0.29) is 17.9 Å². The van der Waals surface area contributed by atoms with Crippen molar-refractivity contribution in [2.45, 2.75) is 32.5 Å². The van der Waals surface area contributed by atoms with Crippen LogP contribution in [0.2, 0.25) is 0 Å². The maximum Gasteiger partial charge on any atom is 0.295 e. The second-order valence-corrected chi connectivity index (χ2v) is 9.63. The van der Waals surface area contributed by atoms with Gasteiger partial charge in [0.05, 0.1) is 18.2 Å². The first-order chi connectivity index (χ1) is 19.5. The molecule has 6 heteroatoms. The summed E-state index contributed by atoms with van der Waals surface area (Å²) in [5.74, 6) is -0.336. The lowest BCUT2D eigenvalue weighted by Crippen LogP contribution is -2.29. The van der Waals surface area contributed by atoms with Crippen molar-refractivity contribution in [1.82, 2.24) is 4.90 Å². The number of carbonyl (C=O) groups excluding carboxylic acids is 2. The highest BCUT2D eigenvalue weighted by Gasteiger charge is 2.46. The molecular weight excluding hydrogens is 502 g/mol. The van der Waals surface area contributed by atoms with Crippen molar-refractivity contribution >= 4 is 17.4 Å². The number of rotatable bonds is 10. The molecule has 0 aromatic heterocycles. The molecule has 0 aliphatic carbocycles. The zero-order valence-electron chi connectivity index (χ0n) is 22.3. The van der Waals surface area contributed by atoms with Gasteiger partial charge in [0.2, 0.25) is 0 Å². The Kier molecular flexibility index (Phi) is 8.26. The molecule has 1 aliphatic rings. The van der Waals surface area contributed by atoms with Crippen molar-refractivity contribution in [2.75, 3.05) is 6.61 Å². The third-order valence-corrected chi connectivity index (χ3v) is 6.76. The molecule has 1 aliphatic heterocycles. The fourth-order valence-electron chi connectivity index (χ4n) is 4.77. The van der Waals surface area contributed by atoms with Crippen molar-refractivity contribution in [1.29, 1.82) is 0 Å². The SMILES string of the molecule is CCCOc1ccc(C(O)=C2C(=O)C(=O)N(Cc3ccccc3)C2c2cccc(OCc3ccccc3)c2)cc1. The second kappa shape index (κ2) is 12.3. The summed E-state index contributed by atoms with van der Waals surface area (Å²) in [5.41, 5.74) is 3.05. The molecule has 5 rings (SSSR count). The van der Waals surface area contributed by atoms with Crippen LogP contribution in [-0.2, 0) is 22.7 Å². The number of nitrogens with zero attached hydrogens (tertiary/aromatic N) is 1. The van der Waals surface area contributed by atoms with E-state index in [4.69, 9.17) is 9.47 Å². The highest BCUT2D eigenvalue weighted by molar-refractivity contribution is 6.46. The molecule has 1 atom stereocenters. The highest BCUT2D eigenvalue weighted by atomic mass is 16.5. The Balaban J connectivity index is 1.53. The van der Waals surface area contributed by atoms with E-state index in [0.717, 1.165) is 17.5 Å². The zero-order chi connectivity index (χ0) is 27.9. The molecule has 1 saturated heterocycles. The lowest BCUT2D eigenvalue weighted by atomic mass is 9.95. The maximum atomic E-state index is 13.4. The van der Waals surface area contributed by atoms with E-state index in [0.29, 0.717) is 35.8 Å². The van der Waals surface area contributed by atoms with Crippen LogP contribution in [0, 0.1) is 0 Å². The van der Waals surface area contributed by atoms with Gasteiger partial charge in [0, 0.05) is 12.1 Å². The minimum atomic E-state index is -0.795. The van der Waals surface area contributed by atoms with Gasteiger partial charge in [-0.05, 0) is 59.5 Å². The van der Waals surface area contributed by atoms with E-state index in [2.05, 4.69) is 0 Å². The van der Waals surface area contributed by atoms with Crippen molar-refractivity contribution in [2.24, 2.45) is 0 Å². The van der Waals surface area contributed by atoms with Crippen LogP contribution in [0.15, 0.2) is 115 Å². The fraction of sp³-hybridized carbons (Fsp3) is 0.176. The number of amides is 1. The summed E-state index contributed by atoms with van der Waals surface area (Å²) in [4.78, 5) is 28.3. The molecule has 1 N–H and O–H groups in total. The smallest absolute Gasteiger partial charge is 0.295 e. The molecule has 1 amide bonds. The maximum absolute atomic E-state index is 13.4. The van der Waals surface area contributed by atoms with Crippen LogP contribution in [0.4, 0.5) is 0 Å². The Bertz CT molecular complexity index is 1500. The Labute approximate surface area is 234 Å². The predicted octanol–water partition coefficient (Wildman–Crippen LogP) is 6.68. The van der Waals surface area contributed by atoms with Crippen LogP contribution >= 0.6 is 0 Å². The number of ether oxygens (including phenoxy) is 2. The topological polar surface area (TPSA) is 76.1 Å². The van der Waals surface area contributed by atoms with Crippen LogP contribution in [0.25, 0.3) is 5.76 Å². The number of hydrogen-bond donors (Lipinski definition) is 1. The molecule has 40 heavy (non-hydrogen) atoms. The van der Waals surface area contributed by atoms with Crippen LogP contribution in [0.1, 0.15) is 41.6 Å². The Morgan fingerprint density at radius 2 is 1.45 bits per heavy atom. The molecule has 1 fully saturated rings. The van der Waals surface area contributed by atoms with Crippen molar-refractivity contribution in [3.05, 3.63) is 137 Å². The lowest BCUT2D eigenvalue weighted by molar-refractivity contribution is -0.140. The number of aliphatic hydroxyl groups excluding tert-OH is 1. The molecule has 1 unspecified atom stereocenters. The largest absolute Gasteiger partial charge is 0.507 e. The zero-order valence-corrected chi connectivity index (χ0v) is 22.3. The first kappa shape index (κ1) is 26.8. The van der Waals surface area contributed by atoms with Gasteiger partial charge >= 0.3 is 0 Å². The van der Waals surface area contributed by atoms with Crippen LogP contribution in [0.3, 0.4) is 0 Å². The quantitative estimate of drug-likeness (QED) is 0.140. The van der Waals surface area contributed by atoms with Gasteiger partial charge in [0.15, 0.2) is 0 Å². The number of ketones is 1. The molecule has 0 spiro atoms. The van der Waals surface area contributed by atoms with Gasteiger partial charge in [0.25, 0.3) is 11.7 Å². The minimum Gasteiger partial charge on any atom is -0.507 e. The van der Waals surface area contributed by atoms with E-state index < -0.39 is 17.7 Å². The summed E-state index contributed by atoms with van der Waals surface area (Å²) >= 11 is 0. The average molecular weight is 534 g/mol. The summed E-state index contributed by atoms with van der Waals surface area (Å²) in [6, 6.07) is 32.8. The number of Topliss-reactive ketones (excluding diaryl/α,β-unsaturated/α-hetero) is 1. The van der Waals surface area contributed by atoms with Crippen LogP contribution < -0.4 is 9.47 Å². The average Bonchev–Trinajstić information content (AvgIpc) is 3.25. The van der Waals surface area contributed by atoms with Gasteiger partial charge in [0.1, 0.15) is 23.9 Å². The molecule has 0 radical (unpaired) electrons. The van der Waals surface area contributed by atoms with Crippen molar-refractivity contribution < 1.29 is 24.2 Å². The summed E-state index contributed by atoms with van der Waals surface area (Å²) in [5, 5.41) is 11.4. The van der Waals surface area contributed by atoms with Gasteiger partial charge in [-0.3, -0.25) is 9.59 Å². The van der Waals surface area contributed by atoms with E-state index in [1.807, 2.05) is 91.9 Å². The van der Waals surface area contributed by atoms with Gasteiger partial charge in [-0.25, -0.2) is 0 Å². The molecular formula is C34H31NO5. The molecule has 1 heterocycles.